The van der Waals surface area contributed by atoms with Gasteiger partial charge in [-0.15, -0.1) is 11.3 Å². The summed E-state index contributed by atoms with van der Waals surface area (Å²) in [4.78, 5) is 31.2. The van der Waals surface area contributed by atoms with E-state index in [4.69, 9.17) is 0 Å². The Balaban J connectivity index is 1.44. The Bertz CT molecular complexity index is 981. The molecule has 6 nitrogen and oxygen atoms in total. The number of fused-ring (bicyclic) bond motifs is 1. The van der Waals surface area contributed by atoms with Crippen LogP contribution in [0.2, 0.25) is 0 Å². The van der Waals surface area contributed by atoms with Gasteiger partial charge in [0.1, 0.15) is 6.54 Å². The molecule has 1 fully saturated rings. The summed E-state index contributed by atoms with van der Waals surface area (Å²) >= 11 is 1.77. The van der Waals surface area contributed by atoms with Gasteiger partial charge in [0, 0.05) is 44.1 Å². The smallest absolute Gasteiger partial charge is 0.329 e. The second-order valence-electron chi connectivity index (χ2n) is 6.84. The molecule has 0 bridgehead atoms. The van der Waals surface area contributed by atoms with Crippen LogP contribution in [0.4, 0.5) is 0 Å². The number of carbonyl (C=O) groups is 1. The summed E-state index contributed by atoms with van der Waals surface area (Å²) in [5, 5.41) is 2.10. The second-order valence-corrected chi connectivity index (χ2v) is 7.87. The molecule has 3 aromatic rings. The van der Waals surface area contributed by atoms with Crippen LogP contribution in [0.25, 0.3) is 11.0 Å². The molecule has 7 heteroatoms. The van der Waals surface area contributed by atoms with E-state index < -0.39 is 0 Å². The Morgan fingerprint density at radius 3 is 2.33 bits per heavy atom. The maximum absolute atomic E-state index is 12.8. The maximum atomic E-state index is 12.8. The van der Waals surface area contributed by atoms with E-state index in [9.17, 15) is 9.59 Å². The first-order valence-corrected chi connectivity index (χ1v) is 10.3. The van der Waals surface area contributed by atoms with E-state index in [2.05, 4.69) is 22.4 Å². The Hall–Kier alpha value is -2.38. The number of carbonyl (C=O) groups excluding carboxylic acids is 1. The van der Waals surface area contributed by atoms with Crippen molar-refractivity contribution in [3.63, 3.8) is 0 Å². The summed E-state index contributed by atoms with van der Waals surface area (Å²) in [6.07, 6.45) is 0. The van der Waals surface area contributed by atoms with E-state index >= 15 is 0 Å². The highest BCUT2D eigenvalue weighted by Crippen LogP contribution is 2.15. The molecule has 4 rings (SSSR count). The zero-order chi connectivity index (χ0) is 18.8. The number of thiophene rings is 1. The van der Waals surface area contributed by atoms with Crippen LogP contribution in [-0.4, -0.2) is 51.0 Å². The molecule has 0 saturated carbocycles. The fourth-order valence-corrected chi connectivity index (χ4v) is 4.49. The summed E-state index contributed by atoms with van der Waals surface area (Å²) in [7, 11) is 0. The first kappa shape index (κ1) is 18.0. The lowest BCUT2D eigenvalue weighted by Gasteiger charge is -2.34. The highest BCUT2D eigenvalue weighted by molar-refractivity contribution is 7.09. The molecule has 0 N–H and O–H groups in total. The van der Waals surface area contributed by atoms with Crippen LogP contribution in [-0.2, 0) is 24.4 Å². The number of piperazine rings is 1. The molecule has 1 aromatic carbocycles. The summed E-state index contributed by atoms with van der Waals surface area (Å²) in [6.45, 7) is 6.77. The number of benzene rings is 1. The minimum atomic E-state index is -0.108. The van der Waals surface area contributed by atoms with Crippen LogP contribution in [0.15, 0.2) is 46.6 Å². The molecule has 142 valence electrons. The van der Waals surface area contributed by atoms with Crippen molar-refractivity contribution in [3.8, 4) is 0 Å². The van der Waals surface area contributed by atoms with Gasteiger partial charge in [-0.05, 0) is 30.5 Å². The monoisotopic (exact) mass is 384 g/mol. The molecule has 0 spiro atoms. The van der Waals surface area contributed by atoms with Crippen LogP contribution in [0, 0.1) is 0 Å². The van der Waals surface area contributed by atoms with Crippen LogP contribution < -0.4 is 5.69 Å². The highest BCUT2D eigenvalue weighted by Gasteiger charge is 2.23. The SMILES string of the molecule is CCn1c(=O)n(CC(=O)N2CCN(Cc3cccs3)CC2)c2ccccc21. The van der Waals surface area contributed by atoms with E-state index in [1.54, 1.807) is 20.5 Å². The third-order valence-corrected chi connectivity index (χ3v) is 6.08. The summed E-state index contributed by atoms with van der Waals surface area (Å²) in [6, 6.07) is 11.9. The first-order chi connectivity index (χ1) is 13.2. The van der Waals surface area contributed by atoms with Crippen molar-refractivity contribution in [1.82, 2.24) is 18.9 Å². The predicted molar refractivity (Wildman–Crippen MR) is 108 cm³/mol. The molecule has 0 aliphatic carbocycles. The van der Waals surface area contributed by atoms with E-state index in [1.165, 1.54) is 4.88 Å². The number of amides is 1. The molecule has 0 atom stereocenters. The molecule has 1 aliphatic rings. The fraction of sp³-hybridized carbons (Fsp3) is 0.400. The third-order valence-electron chi connectivity index (χ3n) is 5.22. The van der Waals surface area contributed by atoms with Crippen molar-refractivity contribution < 1.29 is 4.79 Å². The standard InChI is InChI=1S/C20H24N4O2S/c1-2-23-17-7-3-4-8-18(17)24(20(23)26)15-19(25)22-11-9-21(10-12-22)14-16-6-5-13-27-16/h3-8,13H,2,9-12,14-15H2,1H3. The average molecular weight is 385 g/mol. The van der Waals surface area contributed by atoms with Crippen molar-refractivity contribution in [2.45, 2.75) is 26.6 Å². The minimum Gasteiger partial charge on any atom is -0.339 e. The normalized spacial score (nSPS) is 15.5. The molecular formula is C20H24N4O2S. The van der Waals surface area contributed by atoms with Crippen molar-refractivity contribution >= 4 is 28.3 Å². The summed E-state index contributed by atoms with van der Waals surface area (Å²) in [5.41, 5.74) is 1.61. The third kappa shape index (κ3) is 3.57. The second kappa shape index (κ2) is 7.70. The molecule has 1 aliphatic heterocycles. The van der Waals surface area contributed by atoms with Crippen LogP contribution in [0.5, 0.6) is 0 Å². The number of hydrogen-bond donors (Lipinski definition) is 0. The van der Waals surface area contributed by atoms with E-state index in [0.29, 0.717) is 19.6 Å². The van der Waals surface area contributed by atoms with E-state index in [-0.39, 0.29) is 18.1 Å². The van der Waals surface area contributed by atoms with Crippen molar-refractivity contribution in [3.05, 3.63) is 57.1 Å². The Kier molecular flexibility index (Phi) is 5.13. The van der Waals surface area contributed by atoms with Crippen LogP contribution in [0.3, 0.4) is 0 Å². The van der Waals surface area contributed by atoms with Crippen LogP contribution >= 0.6 is 11.3 Å². The number of rotatable bonds is 5. The summed E-state index contributed by atoms with van der Waals surface area (Å²) < 4.78 is 3.33. The number of para-hydroxylation sites is 2. The van der Waals surface area contributed by atoms with Gasteiger partial charge in [0.25, 0.3) is 0 Å². The zero-order valence-electron chi connectivity index (χ0n) is 15.5. The van der Waals surface area contributed by atoms with Crippen molar-refractivity contribution in [1.29, 1.82) is 0 Å². The largest absolute Gasteiger partial charge is 0.339 e. The minimum absolute atomic E-state index is 0.0203. The lowest BCUT2D eigenvalue weighted by molar-refractivity contribution is -0.133. The van der Waals surface area contributed by atoms with Gasteiger partial charge in [-0.2, -0.15) is 0 Å². The fourth-order valence-electron chi connectivity index (χ4n) is 3.74. The van der Waals surface area contributed by atoms with Crippen LogP contribution in [0.1, 0.15) is 11.8 Å². The lowest BCUT2D eigenvalue weighted by atomic mass is 10.3. The predicted octanol–water partition coefficient (Wildman–Crippen LogP) is 2.23. The van der Waals surface area contributed by atoms with Gasteiger partial charge < -0.3 is 4.90 Å². The average Bonchev–Trinajstić information content (AvgIpc) is 3.29. The van der Waals surface area contributed by atoms with Crippen molar-refractivity contribution in [2.24, 2.45) is 0 Å². The highest BCUT2D eigenvalue weighted by atomic mass is 32.1. The molecule has 1 amide bonds. The van der Waals surface area contributed by atoms with E-state index in [0.717, 1.165) is 30.7 Å². The molecule has 3 heterocycles. The molecule has 1 saturated heterocycles. The Morgan fingerprint density at radius 2 is 1.70 bits per heavy atom. The topological polar surface area (TPSA) is 50.5 Å². The van der Waals surface area contributed by atoms with Gasteiger partial charge in [0.05, 0.1) is 11.0 Å². The Labute approximate surface area is 162 Å². The quantitative estimate of drug-likeness (QED) is 0.678. The van der Waals surface area contributed by atoms with Gasteiger partial charge in [0.2, 0.25) is 5.91 Å². The molecule has 27 heavy (non-hydrogen) atoms. The molecular weight excluding hydrogens is 360 g/mol. The van der Waals surface area contributed by atoms with E-state index in [1.807, 2.05) is 36.1 Å². The van der Waals surface area contributed by atoms with Gasteiger partial charge >= 0.3 is 5.69 Å². The van der Waals surface area contributed by atoms with Gasteiger partial charge in [0.15, 0.2) is 0 Å². The Morgan fingerprint density at radius 1 is 1.00 bits per heavy atom. The molecule has 0 radical (unpaired) electrons. The lowest BCUT2D eigenvalue weighted by Crippen LogP contribution is -2.49. The van der Waals surface area contributed by atoms with Crippen molar-refractivity contribution in [2.75, 3.05) is 26.2 Å². The summed E-state index contributed by atoms with van der Waals surface area (Å²) in [5.74, 6) is 0.0203. The number of imidazole rings is 1. The zero-order valence-corrected chi connectivity index (χ0v) is 16.3. The molecule has 2 aromatic heterocycles. The number of aromatic nitrogens is 2. The number of nitrogens with zero attached hydrogens (tertiary/aromatic N) is 4. The number of aryl methyl sites for hydroxylation is 1. The van der Waals surface area contributed by atoms with Gasteiger partial charge in [-0.25, -0.2) is 4.79 Å². The first-order valence-electron chi connectivity index (χ1n) is 9.38. The van der Waals surface area contributed by atoms with Gasteiger partial charge in [-0.3, -0.25) is 18.8 Å². The maximum Gasteiger partial charge on any atom is 0.329 e. The van der Waals surface area contributed by atoms with Gasteiger partial charge in [-0.1, -0.05) is 18.2 Å². The number of hydrogen-bond acceptors (Lipinski definition) is 4. The molecule has 0 unspecified atom stereocenters.